The van der Waals surface area contributed by atoms with Gasteiger partial charge in [0.15, 0.2) is 5.58 Å². The minimum atomic E-state index is 0.621. The summed E-state index contributed by atoms with van der Waals surface area (Å²) in [6, 6.07) is 40.7. The molecular weight excluding hydrogens is 562 g/mol. The van der Waals surface area contributed by atoms with Gasteiger partial charge in [0.2, 0.25) is 5.89 Å². The van der Waals surface area contributed by atoms with E-state index in [1.165, 1.54) is 27.7 Å². The molecule has 0 atom stereocenters. The van der Waals surface area contributed by atoms with E-state index in [1.54, 1.807) is 0 Å². The maximum absolute atomic E-state index is 6.31. The number of oxazole rings is 1. The Morgan fingerprint density at radius 2 is 1.54 bits per heavy atom. The molecule has 0 fully saturated rings. The lowest BCUT2D eigenvalue weighted by Crippen LogP contribution is -1.96. The molecule has 9 rings (SSSR count). The van der Waals surface area contributed by atoms with E-state index < -0.39 is 0 Å². The van der Waals surface area contributed by atoms with Gasteiger partial charge in [-0.2, -0.15) is 0 Å². The van der Waals surface area contributed by atoms with Crippen molar-refractivity contribution in [2.75, 3.05) is 0 Å². The van der Waals surface area contributed by atoms with Crippen molar-refractivity contribution in [3.63, 3.8) is 0 Å². The maximum Gasteiger partial charge on any atom is 0.227 e. The van der Waals surface area contributed by atoms with Crippen molar-refractivity contribution in [2.24, 2.45) is 4.99 Å². The van der Waals surface area contributed by atoms with Crippen LogP contribution >= 0.6 is 0 Å². The van der Waals surface area contributed by atoms with Gasteiger partial charge in [-0.05, 0) is 120 Å². The Hall–Kier alpha value is -5.92. The number of rotatable bonds is 5. The van der Waals surface area contributed by atoms with E-state index in [4.69, 9.17) is 9.40 Å². The van der Waals surface area contributed by atoms with Gasteiger partial charge in [0.05, 0.1) is 16.4 Å². The molecule has 1 aliphatic heterocycles. The largest absolute Gasteiger partial charge is 0.436 e. The zero-order valence-electron chi connectivity index (χ0n) is 25.2. The molecule has 0 unspecified atom stereocenters. The summed E-state index contributed by atoms with van der Waals surface area (Å²) in [5.74, 6) is 0.621. The molecular formula is C42H29N3O. The van der Waals surface area contributed by atoms with E-state index >= 15 is 0 Å². The fourth-order valence-electron chi connectivity index (χ4n) is 6.71. The molecule has 0 N–H and O–H groups in total. The zero-order valence-corrected chi connectivity index (χ0v) is 25.2. The van der Waals surface area contributed by atoms with E-state index in [-0.39, 0.29) is 0 Å². The standard InChI is InChI=1S/C42H29N3O/c1-2-11-35(12-3-1)45-39-14-5-4-13-36(39)37-25-32(20-22-40(37)45)28-15-17-29(18-16-28)42-44-38-21-19-33(26-41(38)46-42)30-8-6-9-31(24-30)34-10-7-23-43-27-34/h2,5-6,8-9,11-12,14-27H,1,3,7,10H2. The van der Waals surface area contributed by atoms with Crippen molar-refractivity contribution in [2.45, 2.75) is 25.7 Å². The van der Waals surface area contributed by atoms with Crippen LogP contribution in [-0.4, -0.2) is 15.8 Å². The molecule has 218 valence electrons. The predicted octanol–water partition coefficient (Wildman–Crippen LogP) is 10.9. The van der Waals surface area contributed by atoms with E-state index in [0.717, 1.165) is 75.5 Å². The molecule has 1 aliphatic carbocycles. The fourth-order valence-corrected chi connectivity index (χ4v) is 6.71. The molecule has 46 heavy (non-hydrogen) atoms. The monoisotopic (exact) mass is 591 g/mol. The van der Waals surface area contributed by atoms with E-state index in [2.05, 4.69) is 125 Å². The molecule has 0 radical (unpaired) electrons. The lowest BCUT2D eigenvalue weighted by molar-refractivity contribution is 0.620. The highest BCUT2D eigenvalue weighted by Crippen LogP contribution is 2.36. The Balaban J connectivity index is 1.03. The van der Waals surface area contributed by atoms with Gasteiger partial charge in [0, 0.05) is 29.1 Å². The number of allylic oxidation sites excluding steroid dienone is 5. The lowest BCUT2D eigenvalue weighted by atomic mass is 9.96. The van der Waals surface area contributed by atoms with Crippen LogP contribution in [0.25, 0.3) is 77.9 Å². The first-order valence-electron chi connectivity index (χ1n) is 15.8. The first kappa shape index (κ1) is 26.5. The number of fused-ring (bicyclic) bond motifs is 4. The molecule has 7 aromatic rings. The van der Waals surface area contributed by atoms with Crippen molar-refractivity contribution >= 4 is 50.4 Å². The van der Waals surface area contributed by atoms with E-state index in [0.29, 0.717) is 5.89 Å². The second-order valence-electron chi connectivity index (χ2n) is 11.9. The summed E-state index contributed by atoms with van der Waals surface area (Å²) in [4.78, 5) is 9.18. The summed E-state index contributed by atoms with van der Waals surface area (Å²) in [6.45, 7) is 0. The van der Waals surface area contributed by atoms with Gasteiger partial charge < -0.3 is 8.98 Å². The quantitative estimate of drug-likeness (QED) is 0.200. The average molecular weight is 592 g/mol. The van der Waals surface area contributed by atoms with Gasteiger partial charge in [-0.1, -0.05) is 66.7 Å². The summed E-state index contributed by atoms with van der Waals surface area (Å²) in [7, 11) is 0. The molecule has 2 aliphatic rings. The molecule has 0 bridgehead atoms. The van der Waals surface area contributed by atoms with Crippen LogP contribution in [0.2, 0.25) is 0 Å². The van der Waals surface area contributed by atoms with Crippen molar-refractivity contribution in [1.29, 1.82) is 0 Å². The van der Waals surface area contributed by atoms with Crippen LogP contribution in [-0.2, 0) is 0 Å². The van der Waals surface area contributed by atoms with E-state index in [9.17, 15) is 0 Å². The Morgan fingerprint density at radius 3 is 2.41 bits per heavy atom. The topological polar surface area (TPSA) is 43.3 Å². The summed E-state index contributed by atoms with van der Waals surface area (Å²) in [5.41, 5.74) is 13.2. The highest BCUT2D eigenvalue weighted by atomic mass is 16.3. The molecule has 2 aromatic heterocycles. The summed E-state index contributed by atoms with van der Waals surface area (Å²) in [5, 5.41) is 2.27. The van der Waals surface area contributed by atoms with Crippen LogP contribution in [0.4, 0.5) is 0 Å². The highest BCUT2D eigenvalue weighted by Gasteiger charge is 2.15. The smallest absolute Gasteiger partial charge is 0.227 e. The molecule has 0 saturated carbocycles. The average Bonchev–Trinajstić information content (AvgIpc) is 3.71. The molecule has 4 heteroatoms. The van der Waals surface area contributed by atoms with Gasteiger partial charge in [0.25, 0.3) is 0 Å². The maximum atomic E-state index is 6.31. The third kappa shape index (κ3) is 4.57. The van der Waals surface area contributed by atoms with Crippen molar-refractivity contribution in [3.8, 4) is 33.7 Å². The Morgan fingerprint density at radius 1 is 0.717 bits per heavy atom. The normalized spacial score (nSPS) is 14.5. The predicted molar refractivity (Wildman–Crippen MR) is 189 cm³/mol. The molecule has 0 amide bonds. The summed E-state index contributed by atoms with van der Waals surface area (Å²) < 4.78 is 8.66. The van der Waals surface area contributed by atoms with Gasteiger partial charge in [0.1, 0.15) is 5.52 Å². The Kier molecular flexibility index (Phi) is 6.28. The third-order valence-electron chi connectivity index (χ3n) is 9.06. The number of nitrogens with zero attached hydrogens (tertiary/aromatic N) is 3. The van der Waals surface area contributed by atoms with Crippen molar-refractivity contribution < 1.29 is 4.42 Å². The number of aliphatic imine (C=N–C) groups is 1. The Labute approximate surface area is 267 Å². The minimum Gasteiger partial charge on any atom is -0.436 e. The summed E-state index contributed by atoms with van der Waals surface area (Å²) in [6.07, 6.45) is 14.9. The van der Waals surface area contributed by atoms with Gasteiger partial charge in [-0.15, -0.1) is 0 Å². The fraction of sp³-hybridized carbons (Fsp3) is 0.0952. The van der Waals surface area contributed by atoms with Crippen LogP contribution in [0.1, 0.15) is 31.2 Å². The number of hydrogen-bond acceptors (Lipinski definition) is 3. The number of benzene rings is 4. The lowest BCUT2D eigenvalue weighted by Gasteiger charge is -2.12. The SMILES string of the molecule is c1ccc2c(c#1)c1cc(-c3ccc(-c4nc5ccc(-c6cccc(C7=CN=CCC7)c6)cc5o4)cc3)ccc1n2C1=CCCC=C1. The van der Waals surface area contributed by atoms with Crippen LogP contribution in [0.3, 0.4) is 0 Å². The minimum absolute atomic E-state index is 0.621. The van der Waals surface area contributed by atoms with Crippen molar-refractivity contribution in [3.05, 3.63) is 139 Å². The van der Waals surface area contributed by atoms with Crippen molar-refractivity contribution in [1.82, 2.24) is 9.55 Å². The molecule has 5 aromatic carbocycles. The zero-order chi connectivity index (χ0) is 30.5. The van der Waals surface area contributed by atoms with Crippen LogP contribution < -0.4 is 0 Å². The van der Waals surface area contributed by atoms with E-state index in [1.807, 2.05) is 24.5 Å². The van der Waals surface area contributed by atoms with Crippen LogP contribution in [0.5, 0.6) is 0 Å². The van der Waals surface area contributed by atoms with Gasteiger partial charge in [-0.25, -0.2) is 4.98 Å². The van der Waals surface area contributed by atoms with Gasteiger partial charge >= 0.3 is 0 Å². The van der Waals surface area contributed by atoms with Crippen LogP contribution in [0, 0.1) is 12.1 Å². The number of hydrogen-bond donors (Lipinski definition) is 0. The molecule has 4 nitrogen and oxygen atoms in total. The highest BCUT2D eigenvalue weighted by molar-refractivity contribution is 6.11. The second kappa shape index (κ2) is 10.9. The van der Waals surface area contributed by atoms with Crippen LogP contribution in [0.15, 0.2) is 131 Å². The van der Waals surface area contributed by atoms with Gasteiger partial charge in [-0.3, -0.25) is 4.99 Å². The molecule has 0 saturated heterocycles. The first-order valence-corrected chi connectivity index (χ1v) is 15.8. The Bertz CT molecular complexity index is 2410. The third-order valence-corrected chi connectivity index (χ3v) is 9.06. The second-order valence-corrected chi connectivity index (χ2v) is 11.9. The first-order chi connectivity index (χ1) is 22.8. The number of aromatic nitrogens is 2. The molecule has 0 spiro atoms. The summed E-state index contributed by atoms with van der Waals surface area (Å²) >= 11 is 0. The molecule has 3 heterocycles.